The van der Waals surface area contributed by atoms with Crippen molar-refractivity contribution in [1.29, 1.82) is 0 Å². The van der Waals surface area contributed by atoms with E-state index in [0.717, 1.165) is 5.56 Å². The Morgan fingerprint density at radius 3 is 2.64 bits per heavy atom. The van der Waals surface area contributed by atoms with Gasteiger partial charge in [-0.05, 0) is 42.8 Å². The second-order valence-corrected chi connectivity index (χ2v) is 6.33. The molecule has 25 heavy (non-hydrogen) atoms. The van der Waals surface area contributed by atoms with Crippen LogP contribution in [0, 0.1) is 0 Å². The van der Waals surface area contributed by atoms with Crippen LogP contribution >= 0.6 is 11.6 Å². The van der Waals surface area contributed by atoms with E-state index in [1.54, 1.807) is 49.1 Å². The fourth-order valence-corrected chi connectivity index (χ4v) is 2.80. The predicted molar refractivity (Wildman–Crippen MR) is 98.1 cm³/mol. The third kappa shape index (κ3) is 3.77. The maximum atomic E-state index is 12.6. The van der Waals surface area contributed by atoms with E-state index >= 15 is 0 Å². The number of fused-ring (bicyclic) bond motifs is 1. The molecule has 1 atom stereocenters. The van der Waals surface area contributed by atoms with Gasteiger partial charge in [0.15, 0.2) is 6.10 Å². The summed E-state index contributed by atoms with van der Waals surface area (Å²) in [7, 11) is 0. The highest BCUT2D eigenvalue weighted by atomic mass is 35.5. The van der Waals surface area contributed by atoms with Crippen molar-refractivity contribution in [3.63, 3.8) is 0 Å². The molecule has 0 saturated heterocycles. The number of carbonyl (C=O) groups excluding carboxylic acids is 2. The monoisotopic (exact) mass is 358 g/mol. The zero-order valence-electron chi connectivity index (χ0n) is 14.1. The fraction of sp³-hybridized carbons (Fsp3) is 0.263. The Labute approximate surface area is 151 Å². The minimum atomic E-state index is -0.559. The number of rotatable bonds is 4. The summed E-state index contributed by atoms with van der Waals surface area (Å²) in [5.41, 5.74) is 2.24. The first-order valence-electron chi connectivity index (χ1n) is 8.14. The van der Waals surface area contributed by atoms with Crippen molar-refractivity contribution in [2.45, 2.75) is 32.9 Å². The molecule has 0 unspecified atom stereocenters. The molecule has 1 N–H and O–H groups in total. The SMILES string of the molecule is CCC(=O)Nc1ccc2c(c1)N(Cc1ccc(Cl)cc1)C(=O)[C@H](C)O2. The summed E-state index contributed by atoms with van der Waals surface area (Å²) >= 11 is 5.93. The summed E-state index contributed by atoms with van der Waals surface area (Å²) < 4.78 is 5.69. The molecule has 5 nitrogen and oxygen atoms in total. The van der Waals surface area contributed by atoms with Crippen molar-refractivity contribution in [2.24, 2.45) is 0 Å². The molecule has 6 heteroatoms. The lowest BCUT2D eigenvalue weighted by Gasteiger charge is -2.33. The zero-order valence-corrected chi connectivity index (χ0v) is 14.8. The molecule has 3 rings (SSSR count). The van der Waals surface area contributed by atoms with Crippen molar-refractivity contribution >= 4 is 34.8 Å². The minimum absolute atomic E-state index is 0.0828. The van der Waals surface area contributed by atoms with Gasteiger partial charge in [0.1, 0.15) is 5.75 Å². The van der Waals surface area contributed by atoms with E-state index in [2.05, 4.69) is 5.32 Å². The Hall–Kier alpha value is -2.53. The maximum absolute atomic E-state index is 12.6. The van der Waals surface area contributed by atoms with Crippen molar-refractivity contribution in [2.75, 3.05) is 10.2 Å². The van der Waals surface area contributed by atoms with Gasteiger partial charge in [-0.25, -0.2) is 0 Å². The molecular formula is C19H19ClN2O3. The number of ether oxygens (including phenoxy) is 1. The van der Waals surface area contributed by atoms with Gasteiger partial charge in [0.25, 0.3) is 5.91 Å². The number of benzene rings is 2. The smallest absolute Gasteiger partial charge is 0.268 e. The Bertz CT molecular complexity index is 805. The highest BCUT2D eigenvalue weighted by molar-refractivity contribution is 6.30. The largest absolute Gasteiger partial charge is 0.479 e. The first-order chi connectivity index (χ1) is 12.0. The first-order valence-corrected chi connectivity index (χ1v) is 8.52. The van der Waals surface area contributed by atoms with Gasteiger partial charge < -0.3 is 15.0 Å². The lowest BCUT2D eigenvalue weighted by atomic mass is 10.1. The molecule has 0 radical (unpaired) electrons. The Morgan fingerprint density at radius 2 is 1.96 bits per heavy atom. The van der Waals surface area contributed by atoms with Crippen LogP contribution in [0.25, 0.3) is 0 Å². The average molecular weight is 359 g/mol. The molecule has 0 aromatic heterocycles. The molecule has 0 bridgehead atoms. The van der Waals surface area contributed by atoms with Gasteiger partial charge in [-0.2, -0.15) is 0 Å². The quantitative estimate of drug-likeness (QED) is 0.898. The highest BCUT2D eigenvalue weighted by Crippen LogP contribution is 2.37. The molecule has 130 valence electrons. The van der Waals surface area contributed by atoms with Gasteiger partial charge in [-0.15, -0.1) is 0 Å². The molecule has 2 amide bonds. The average Bonchev–Trinajstić information content (AvgIpc) is 2.61. The summed E-state index contributed by atoms with van der Waals surface area (Å²) in [6.45, 7) is 3.92. The lowest BCUT2D eigenvalue weighted by Crippen LogP contribution is -2.44. The standard InChI is InChI=1S/C19H19ClN2O3/c1-3-18(23)21-15-8-9-17-16(10-15)22(19(24)12(2)25-17)11-13-4-6-14(20)7-5-13/h4-10,12H,3,11H2,1-2H3,(H,21,23)/t12-/m0/s1. The lowest BCUT2D eigenvalue weighted by molar-refractivity contribution is -0.125. The first kappa shape index (κ1) is 17.3. The number of halogens is 1. The number of amides is 2. The molecule has 0 fully saturated rings. The minimum Gasteiger partial charge on any atom is -0.479 e. The number of hydrogen-bond donors (Lipinski definition) is 1. The van der Waals surface area contributed by atoms with Crippen LogP contribution < -0.4 is 15.0 Å². The number of anilines is 2. The number of carbonyl (C=O) groups is 2. The van der Waals surface area contributed by atoms with Gasteiger partial charge in [0, 0.05) is 17.1 Å². The summed E-state index contributed by atoms with van der Waals surface area (Å²) in [6, 6.07) is 12.7. The second-order valence-electron chi connectivity index (χ2n) is 5.90. The van der Waals surface area contributed by atoms with E-state index in [1.165, 1.54) is 0 Å². The van der Waals surface area contributed by atoms with Crippen LogP contribution in [0.4, 0.5) is 11.4 Å². The van der Waals surface area contributed by atoms with Crippen LogP contribution in [0.3, 0.4) is 0 Å². The molecule has 2 aromatic rings. The number of nitrogens with zero attached hydrogens (tertiary/aromatic N) is 1. The molecule has 1 heterocycles. The van der Waals surface area contributed by atoms with Gasteiger partial charge in [0.2, 0.25) is 5.91 Å². The van der Waals surface area contributed by atoms with Crippen molar-refractivity contribution < 1.29 is 14.3 Å². The summed E-state index contributed by atoms with van der Waals surface area (Å²) in [6.07, 6.45) is -0.172. The van der Waals surface area contributed by atoms with Crippen LogP contribution in [0.2, 0.25) is 5.02 Å². The van der Waals surface area contributed by atoms with Crippen LogP contribution in [0.1, 0.15) is 25.8 Å². The molecule has 1 aliphatic heterocycles. The number of nitrogens with one attached hydrogen (secondary N) is 1. The Kier molecular flexibility index (Phi) is 4.95. The van der Waals surface area contributed by atoms with Crippen LogP contribution in [-0.2, 0) is 16.1 Å². The van der Waals surface area contributed by atoms with Gasteiger partial charge >= 0.3 is 0 Å². The van der Waals surface area contributed by atoms with Crippen LogP contribution in [0.15, 0.2) is 42.5 Å². The van der Waals surface area contributed by atoms with Gasteiger partial charge in [-0.1, -0.05) is 30.7 Å². The van der Waals surface area contributed by atoms with Gasteiger partial charge in [0.05, 0.1) is 12.2 Å². The second kappa shape index (κ2) is 7.15. The zero-order chi connectivity index (χ0) is 18.0. The van der Waals surface area contributed by atoms with Crippen LogP contribution in [0.5, 0.6) is 5.75 Å². The van der Waals surface area contributed by atoms with Gasteiger partial charge in [-0.3, -0.25) is 9.59 Å². The normalized spacial score (nSPS) is 16.2. The summed E-state index contributed by atoms with van der Waals surface area (Å²) in [4.78, 5) is 25.9. The van der Waals surface area contributed by atoms with Crippen LogP contribution in [-0.4, -0.2) is 17.9 Å². The van der Waals surface area contributed by atoms with Crippen molar-refractivity contribution in [3.8, 4) is 5.75 Å². The third-order valence-corrected chi connectivity index (χ3v) is 4.28. The molecule has 0 aliphatic carbocycles. The predicted octanol–water partition coefficient (Wildman–Crippen LogP) is 4.00. The summed E-state index contributed by atoms with van der Waals surface area (Å²) in [5.74, 6) is 0.414. The Morgan fingerprint density at radius 1 is 1.24 bits per heavy atom. The maximum Gasteiger partial charge on any atom is 0.268 e. The third-order valence-electron chi connectivity index (χ3n) is 4.03. The van der Waals surface area contributed by atoms with E-state index in [0.29, 0.717) is 35.1 Å². The van der Waals surface area contributed by atoms with E-state index < -0.39 is 6.10 Å². The highest BCUT2D eigenvalue weighted by Gasteiger charge is 2.31. The Balaban J connectivity index is 1.94. The van der Waals surface area contributed by atoms with Crippen molar-refractivity contribution in [1.82, 2.24) is 0 Å². The molecule has 2 aromatic carbocycles. The van der Waals surface area contributed by atoms with E-state index in [-0.39, 0.29) is 11.8 Å². The molecular weight excluding hydrogens is 340 g/mol. The van der Waals surface area contributed by atoms with E-state index in [1.807, 2.05) is 12.1 Å². The van der Waals surface area contributed by atoms with Crippen molar-refractivity contribution in [3.05, 3.63) is 53.1 Å². The topological polar surface area (TPSA) is 58.6 Å². The number of hydrogen-bond acceptors (Lipinski definition) is 3. The molecule has 0 spiro atoms. The fourth-order valence-electron chi connectivity index (χ4n) is 2.67. The molecule has 0 saturated carbocycles. The summed E-state index contributed by atoms with van der Waals surface area (Å²) in [5, 5.41) is 3.46. The van der Waals surface area contributed by atoms with E-state index in [9.17, 15) is 9.59 Å². The molecule has 1 aliphatic rings. The van der Waals surface area contributed by atoms with E-state index in [4.69, 9.17) is 16.3 Å².